The molecule has 0 aromatic heterocycles. The van der Waals surface area contributed by atoms with E-state index in [0.29, 0.717) is 12.0 Å². The molecule has 3 fully saturated rings. The predicted molar refractivity (Wildman–Crippen MR) is 169 cm³/mol. The fourth-order valence-electron chi connectivity index (χ4n) is 8.87. The Labute approximate surface area is 286 Å². The lowest BCUT2D eigenvalue weighted by molar-refractivity contribution is -0.219. The molecule has 0 spiro atoms. The normalized spacial score (nSPS) is 38.5. The smallest absolute Gasteiger partial charge is 0.390 e. The van der Waals surface area contributed by atoms with Gasteiger partial charge in [0.1, 0.15) is 12.2 Å². The van der Waals surface area contributed by atoms with E-state index in [1.54, 1.807) is 20.8 Å². The molecular weight excluding hydrogens is 705 g/mol. The molecule has 1 heterocycles. The van der Waals surface area contributed by atoms with Crippen LogP contribution in [0.2, 0.25) is 0 Å². The first-order valence-electron chi connectivity index (χ1n) is 16.1. The third-order valence-electron chi connectivity index (χ3n) is 11.4. The Morgan fingerprint density at radius 1 is 1.06 bits per heavy atom. The summed E-state index contributed by atoms with van der Waals surface area (Å²) in [5, 5.41) is 25.7. The quantitative estimate of drug-likeness (QED) is 0.102. The van der Waals surface area contributed by atoms with Crippen LogP contribution in [0.3, 0.4) is 0 Å². The summed E-state index contributed by atoms with van der Waals surface area (Å²) in [6.45, 7) is 2.25. The zero-order valence-corrected chi connectivity index (χ0v) is 29.4. The molecule has 0 aromatic carbocycles. The van der Waals surface area contributed by atoms with E-state index in [1.165, 1.54) is 18.2 Å². The number of phosphoric acid groups is 2. The van der Waals surface area contributed by atoms with Gasteiger partial charge in [-0.05, 0) is 56.6 Å². The van der Waals surface area contributed by atoms with Crippen LogP contribution in [0.25, 0.3) is 0 Å². The van der Waals surface area contributed by atoms with Crippen molar-refractivity contribution in [1.82, 2.24) is 10.2 Å². The molecule has 0 radical (unpaired) electrons. The number of imide groups is 1. The highest BCUT2D eigenvalue weighted by Crippen LogP contribution is 2.71. The monoisotopic (exact) mass is 746 g/mol. The van der Waals surface area contributed by atoms with Crippen LogP contribution in [0, 0.1) is 28.6 Å². The number of hydrogen-bond donors (Lipinski definition) is 5. The zero-order chi connectivity index (χ0) is 37.1. The van der Waals surface area contributed by atoms with Gasteiger partial charge in [0.15, 0.2) is 17.2 Å². The van der Waals surface area contributed by atoms with Crippen LogP contribution in [0.15, 0.2) is 36.0 Å². The number of nitrogens with one attached hydrogen (secondary N) is 1. The van der Waals surface area contributed by atoms with Crippen LogP contribution in [-0.4, -0.2) is 97.9 Å². The van der Waals surface area contributed by atoms with Crippen LogP contribution in [0.4, 0.5) is 4.39 Å². The van der Waals surface area contributed by atoms with Crippen molar-refractivity contribution in [2.24, 2.45) is 28.6 Å². The van der Waals surface area contributed by atoms with Gasteiger partial charge in [0, 0.05) is 48.4 Å². The lowest BCUT2D eigenvalue weighted by Crippen LogP contribution is -2.69. The minimum Gasteiger partial charge on any atom is -0.390 e. The number of alkyl halides is 1. The van der Waals surface area contributed by atoms with Crippen molar-refractivity contribution in [3.8, 4) is 0 Å². The second kappa shape index (κ2) is 13.4. The third kappa shape index (κ3) is 6.45. The van der Waals surface area contributed by atoms with E-state index >= 15 is 4.39 Å². The van der Waals surface area contributed by atoms with Gasteiger partial charge in [-0.15, -0.1) is 0 Å². The largest absolute Gasteiger partial charge is 0.481 e. The van der Waals surface area contributed by atoms with Crippen molar-refractivity contribution in [2.75, 3.05) is 26.3 Å². The van der Waals surface area contributed by atoms with Crippen molar-refractivity contribution in [1.29, 1.82) is 0 Å². The fourth-order valence-corrected chi connectivity index (χ4v) is 10.9. The number of aliphatic hydroxyl groups excluding tert-OH is 1. The molecule has 50 heavy (non-hydrogen) atoms. The molecule has 19 heteroatoms. The molecule has 5 rings (SSSR count). The average molecular weight is 747 g/mol. The lowest BCUT2D eigenvalue weighted by Gasteiger charge is -2.62. The molecule has 1 aliphatic heterocycles. The number of rotatable bonds is 13. The summed E-state index contributed by atoms with van der Waals surface area (Å²) >= 11 is 0. The Hall–Kier alpha value is -2.72. The summed E-state index contributed by atoms with van der Waals surface area (Å²) in [7, 11) is -10.8. The molecule has 0 aromatic rings. The first kappa shape index (κ1) is 38.5. The first-order valence-corrected chi connectivity index (χ1v) is 19.1. The van der Waals surface area contributed by atoms with E-state index in [2.05, 4.69) is 14.2 Å². The molecular formula is C31H41FN2O14P2. The summed E-state index contributed by atoms with van der Waals surface area (Å²) in [6.07, 6.45) is 4.78. The number of halogens is 1. The molecule has 4 aliphatic carbocycles. The number of Topliss-reactive ketones (excluding diaryl/α,β-unsaturated/α-hetero) is 1. The lowest BCUT2D eigenvalue weighted by atomic mass is 9.44. The van der Waals surface area contributed by atoms with Crippen LogP contribution in [0.5, 0.6) is 0 Å². The van der Waals surface area contributed by atoms with Gasteiger partial charge in [0.25, 0.3) is 11.8 Å². The number of phosphoric ester groups is 2. The van der Waals surface area contributed by atoms with E-state index in [0.717, 1.165) is 17.1 Å². The van der Waals surface area contributed by atoms with Gasteiger partial charge in [0.05, 0.1) is 12.7 Å². The van der Waals surface area contributed by atoms with Crippen LogP contribution >= 0.6 is 15.6 Å². The highest BCUT2D eigenvalue weighted by Gasteiger charge is 2.75. The van der Waals surface area contributed by atoms with E-state index in [-0.39, 0.29) is 44.6 Å². The summed E-state index contributed by atoms with van der Waals surface area (Å²) in [6, 6.07) is 0. The van der Waals surface area contributed by atoms with E-state index in [1.807, 2.05) is 0 Å². The maximum absolute atomic E-state index is 17.3. The maximum Gasteiger partial charge on any atom is 0.481 e. The Bertz CT molecular complexity index is 1660. The second-order valence-corrected chi connectivity index (χ2v) is 17.0. The summed E-state index contributed by atoms with van der Waals surface area (Å²) in [5.41, 5.74) is -6.61. The highest BCUT2D eigenvalue weighted by atomic mass is 31.3. The zero-order valence-electron chi connectivity index (χ0n) is 27.7. The fraction of sp³-hybridized carbons (Fsp3) is 0.645. The van der Waals surface area contributed by atoms with Gasteiger partial charge in [-0.25, -0.2) is 13.5 Å². The molecule has 0 saturated heterocycles. The number of nitrogens with zero attached hydrogens (tertiary/aromatic N) is 1. The van der Waals surface area contributed by atoms with Gasteiger partial charge in [-0.1, -0.05) is 25.5 Å². The number of carbonyl (C=O) groups excluding carboxylic acids is 5. The third-order valence-corrected chi connectivity index (χ3v) is 14.0. The van der Waals surface area contributed by atoms with E-state index < -0.39 is 98.3 Å². The van der Waals surface area contributed by atoms with Crippen LogP contribution in [-0.2, 0) is 46.5 Å². The second-order valence-electron chi connectivity index (χ2n) is 14.0. The molecule has 5 N–H and O–H groups in total. The number of aliphatic hydroxyl groups is 2. The van der Waals surface area contributed by atoms with Crippen molar-refractivity contribution in [2.45, 2.75) is 70.2 Å². The summed E-state index contributed by atoms with van der Waals surface area (Å²) < 4.78 is 55.8. The molecule has 16 nitrogen and oxygen atoms in total. The first-order chi connectivity index (χ1) is 23.1. The van der Waals surface area contributed by atoms with Crippen molar-refractivity contribution in [3.05, 3.63) is 36.0 Å². The molecule has 5 aliphatic rings. The number of ketones is 2. The number of hydrogen-bond acceptors (Lipinski definition) is 12. The highest BCUT2D eigenvalue weighted by molar-refractivity contribution is 7.61. The number of fused-ring (bicyclic) bond motifs is 5. The summed E-state index contributed by atoms with van der Waals surface area (Å²) in [5.74, 6) is -5.38. The molecule has 276 valence electrons. The van der Waals surface area contributed by atoms with Gasteiger partial charge < -0.3 is 25.3 Å². The Kier molecular flexibility index (Phi) is 10.3. The molecule has 2 unspecified atom stereocenters. The van der Waals surface area contributed by atoms with Gasteiger partial charge in [-0.2, -0.15) is 4.31 Å². The van der Waals surface area contributed by atoms with Gasteiger partial charge in [-0.3, -0.25) is 37.9 Å². The summed E-state index contributed by atoms with van der Waals surface area (Å²) in [4.78, 5) is 81.6. The molecule has 10 atom stereocenters. The maximum atomic E-state index is 17.3. The van der Waals surface area contributed by atoms with Gasteiger partial charge >= 0.3 is 15.6 Å². The Morgan fingerprint density at radius 3 is 2.36 bits per heavy atom. The van der Waals surface area contributed by atoms with Crippen LogP contribution < -0.4 is 5.32 Å². The average Bonchev–Trinajstić information content (AvgIpc) is 3.45. The topological polar surface area (TPSA) is 243 Å². The molecule has 3 saturated carbocycles. The standard InChI is InChI=1S/C31H41FN2O14P2/c1-18-14-22-21-5-4-19-15-20(35)8-10-28(19,2)30(21,32)23(36)16-29(22,3)31(18,41)24(37)17-47-50(44,45)48-49(42,43)46-13-11-33-25(38)9-12-34-26(39)6-7-27(34)40/h6-8,10,15,18,21-23,36,41H,4-5,9,11-14,16-17H2,1-3H3,(H,33,38)(H,42,43)(H,44,45)/t18-,21+,22+,23+,28+,29+,30+,31+/m1/s1. The van der Waals surface area contributed by atoms with E-state index in [4.69, 9.17) is 4.52 Å². The van der Waals surface area contributed by atoms with Crippen molar-refractivity contribution >= 4 is 44.9 Å². The SMILES string of the molecule is C[C@@H]1C[C@H]2[C@@H]3CCC4=CC(=O)C=C[C@]4(C)[C@@]3(F)[C@@H](O)C[C@]2(C)[C@@]1(O)C(=O)COP(=O)(O)OP(=O)(O)OCCNC(=O)CCN1C(=O)C=CC1=O. The Morgan fingerprint density at radius 2 is 1.70 bits per heavy atom. The molecule has 3 amide bonds. The van der Waals surface area contributed by atoms with Crippen molar-refractivity contribution < 1.29 is 70.9 Å². The number of allylic oxidation sites excluding steroid dienone is 4. The minimum absolute atomic E-state index is 0.175. The number of carbonyl (C=O) groups is 5. The Balaban J connectivity index is 1.16. The van der Waals surface area contributed by atoms with Gasteiger partial charge in [0.2, 0.25) is 5.91 Å². The van der Waals surface area contributed by atoms with Crippen LogP contribution in [0.1, 0.15) is 52.9 Å². The molecule has 0 bridgehead atoms. The minimum atomic E-state index is -5.48. The predicted octanol–water partition coefficient (Wildman–Crippen LogP) is 1.59. The van der Waals surface area contributed by atoms with E-state index in [9.17, 15) is 53.1 Å². The van der Waals surface area contributed by atoms with Crippen molar-refractivity contribution in [3.63, 3.8) is 0 Å². The number of amides is 3.